The fourth-order valence-electron chi connectivity index (χ4n) is 7.47. The maximum Gasteiger partial charge on any atom is 0.318 e. The number of amides is 1. The van der Waals surface area contributed by atoms with Crippen LogP contribution in [-0.2, 0) is 29.5 Å². The highest BCUT2D eigenvalue weighted by Crippen LogP contribution is 2.51. The minimum absolute atomic E-state index is 0.0471. The Kier molecular flexibility index (Phi) is 8.26. The first kappa shape index (κ1) is 30.0. The van der Waals surface area contributed by atoms with Crippen molar-refractivity contribution < 1.29 is 18.3 Å². The van der Waals surface area contributed by atoms with Gasteiger partial charge in [-0.25, -0.2) is 8.78 Å². The summed E-state index contributed by atoms with van der Waals surface area (Å²) in [5.41, 5.74) is 4.01. The van der Waals surface area contributed by atoms with Crippen molar-refractivity contribution in [1.82, 2.24) is 19.8 Å². The summed E-state index contributed by atoms with van der Waals surface area (Å²) in [5, 5.41) is 10.8. The van der Waals surface area contributed by atoms with Crippen LogP contribution in [0.1, 0.15) is 48.1 Å². The highest BCUT2D eigenvalue weighted by atomic mass is 35.5. The zero-order valence-corrected chi connectivity index (χ0v) is 25.6. The first-order valence-electron chi connectivity index (χ1n) is 14.7. The van der Waals surface area contributed by atoms with Gasteiger partial charge in [-0.05, 0) is 62.4 Å². The maximum absolute atomic E-state index is 14.0. The Balaban J connectivity index is 1.34. The van der Waals surface area contributed by atoms with Crippen molar-refractivity contribution in [2.75, 3.05) is 44.7 Å². The molecule has 2 aliphatic heterocycles. The van der Waals surface area contributed by atoms with Gasteiger partial charge in [0.2, 0.25) is 0 Å². The highest BCUT2D eigenvalue weighted by molar-refractivity contribution is 6.35. The summed E-state index contributed by atoms with van der Waals surface area (Å²) in [5.74, 6) is -1.13. The molecule has 6 rings (SSSR count). The second-order valence-electron chi connectivity index (χ2n) is 12.2. The largest absolute Gasteiger partial charge is 0.462 e. The van der Waals surface area contributed by atoms with Gasteiger partial charge in [-0.2, -0.15) is 15.2 Å². The lowest BCUT2D eigenvalue weighted by Crippen LogP contribution is -2.55. The van der Waals surface area contributed by atoms with E-state index in [4.69, 9.17) is 37.9 Å². The number of anilines is 1. The van der Waals surface area contributed by atoms with E-state index >= 15 is 0 Å². The molecule has 12 heteroatoms. The summed E-state index contributed by atoms with van der Waals surface area (Å²) in [6.07, 6.45) is 3.58. The number of likely N-dealkylation sites (N-methyl/N-ethyl adjacent to an activating group) is 1. The Morgan fingerprint density at radius 1 is 1.21 bits per heavy atom. The number of ether oxygens (including phenoxy) is 1. The van der Waals surface area contributed by atoms with Crippen molar-refractivity contribution in [2.24, 2.45) is 0 Å². The monoisotopic (exact) mass is 630 g/mol. The number of aryl methyl sites for hydroxylation is 1. The topological polar surface area (TPSA) is 85.6 Å². The Morgan fingerprint density at radius 3 is 2.72 bits per heavy atom. The molecule has 1 aromatic heterocycles. The van der Waals surface area contributed by atoms with Crippen molar-refractivity contribution in [1.29, 1.82) is 5.26 Å². The molecule has 4 aliphatic rings. The lowest BCUT2D eigenvalue weighted by molar-refractivity contribution is -0.131. The number of nitrogens with zero attached hydrogens (tertiary/aromatic N) is 6. The van der Waals surface area contributed by atoms with Gasteiger partial charge in [0, 0.05) is 59.7 Å². The average molecular weight is 632 g/mol. The smallest absolute Gasteiger partial charge is 0.318 e. The van der Waals surface area contributed by atoms with Crippen LogP contribution in [0.5, 0.6) is 6.01 Å². The van der Waals surface area contributed by atoms with Gasteiger partial charge in [0.25, 0.3) is 5.91 Å². The Labute approximate surface area is 260 Å². The van der Waals surface area contributed by atoms with E-state index in [1.807, 2.05) is 29.0 Å². The first-order valence-corrected chi connectivity index (χ1v) is 15.5. The molecule has 2 aliphatic carbocycles. The Morgan fingerprint density at radius 2 is 2.00 bits per heavy atom. The molecule has 4 unspecified atom stereocenters. The number of halogens is 4. The number of aromatic nitrogens is 2. The van der Waals surface area contributed by atoms with Crippen molar-refractivity contribution >= 4 is 34.9 Å². The van der Waals surface area contributed by atoms with Crippen molar-refractivity contribution in [3.63, 3.8) is 0 Å². The van der Waals surface area contributed by atoms with Gasteiger partial charge in [-0.1, -0.05) is 29.8 Å². The number of rotatable bonds is 6. The summed E-state index contributed by atoms with van der Waals surface area (Å²) in [6, 6.07) is 5.55. The molecule has 0 saturated carbocycles. The summed E-state index contributed by atoms with van der Waals surface area (Å²) in [4.78, 5) is 27.7. The normalized spacial score (nSPS) is 26.7. The number of carbonyl (C=O) groups excluding carboxylic acids is 1. The van der Waals surface area contributed by atoms with Crippen LogP contribution >= 0.6 is 23.2 Å². The number of nitriles is 1. The van der Waals surface area contributed by atoms with Gasteiger partial charge in [0.15, 0.2) is 5.83 Å². The molecule has 2 aromatic rings. The number of alkyl halides is 1. The molecular formula is C31H34Cl2F2N6O2. The van der Waals surface area contributed by atoms with Crippen LogP contribution in [0.2, 0.25) is 10.0 Å². The molecule has 8 nitrogen and oxygen atoms in total. The highest BCUT2D eigenvalue weighted by Gasteiger charge is 2.45. The van der Waals surface area contributed by atoms with Gasteiger partial charge in [-0.3, -0.25) is 9.69 Å². The summed E-state index contributed by atoms with van der Waals surface area (Å²) < 4.78 is 34.0. The number of likely N-dealkylation sites (tertiary alicyclic amines) is 1. The molecule has 0 N–H and O–H groups in total. The fourth-order valence-corrected chi connectivity index (χ4v) is 8.20. The number of fused-ring (bicyclic) bond motifs is 3. The first-order chi connectivity index (χ1) is 20.6. The predicted molar refractivity (Wildman–Crippen MR) is 160 cm³/mol. The van der Waals surface area contributed by atoms with Gasteiger partial charge < -0.3 is 14.5 Å². The van der Waals surface area contributed by atoms with E-state index in [0.717, 1.165) is 36.1 Å². The molecule has 4 atom stereocenters. The third-order valence-electron chi connectivity index (χ3n) is 9.59. The molecule has 3 heterocycles. The van der Waals surface area contributed by atoms with Crippen LogP contribution < -0.4 is 9.64 Å². The zero-order valence-electron chi connectivity index (χ0n) is 24.1. The zero-order chi connectivity index (χ0) is 30.5. The molecule has 228 valence electrons. The average Bonchev–Trinajstić information content (AvgIpc) is 3.48. The van der Waals surface area contributed by atoms with Gasteiger partial charge >= 0.3 is 6.01 Å². The second kappa shape index (κ2) is 11.8. The molecule has 0 bridgehead atoms. The van der Waals surface area contributed by atoms with Crippen LogP contribution in [0, 0.1) is 11.3 Å². The van der Waals surface area contributed by atoms with E-state index in [0.29, 0.717) is 54.8 Å². The quantitative estimate of drug-likeness (QED) is 0.416. The minimum Gasteiger partial charge on any atom is -0.462 e. The second-order valence-corrected chi connectivity index (χ2v) is 13.1. The van der Waals surface area contributed by atoms with Gasteiger partial charge in [0.1, 0.15) is 18.6 Å². The molecule has 1 spiro atoms. The van der Waals surface area contributed by atoms with Crippen LogP contribution in [0.15, 0.2) is 24.5 Å². The fraction of sp³-hybridized carbons (Fsp3) is 0.548. The van der Waals surface area contributed by atoms with E-state index in [-0.39, 0.29) is 37.0 Å². The van der Waals surface area contributed by atoms with E-state index < -0.39 is 23.9 Å². The lowest BCUT2D eigenvalue weighted by atomic mass is 9.69. The minimum atomic E-state index is -1.04. The summed E-state index contributed by atoms with van der Waals surface area (Å²) in [7, 11) is 1.88. The van der Waals surface area contributed by atoms with Crippen molar-refractivity contribution in [2.45, 2.75) is 68.6 Å². The molecule has 2 saturated heterocycles. The van der Waals surface area contributed by atoms with E-state index in [1.54, 1.807) is 0 Å². The standard InChI is InChI=1S/C31H34Cl2F2N6O2/c1-18(34)29(42)41-10-9-40(16-22(41)5-8-36)28-24-4-7-31(6-3-19-11-20(32)12-25(33)27(19)31)14-26(24)37-30(38-28)43-17-23-13-21(35)15-39(23)2/h11-12,21-23H,1,3-7,9-10,13-17H2,2H3. The van der Waals surface area contributed by atoms with Crippen molar-refractivity contribution in [3.05, 3.63) is 57.0 Å². The van der Waals surface area contributed by atoms with E-state index in [9.17, 15) is 18.8 Å². The van der Waals surface area contributed by atoms with Gasteiger partial charge in [0.05, 0.1) is 24.2 Å². The number of carbonyl (C=O) groups is 1. The SMILES string of the molecule is C=C(F)C(=O)N1CCN(c2nc(OCC3CC(F)CN3C)nc3c2CCC2(CCc4cc(Cl)cc(Cl)c42)C3)CC1CC#N. The van der Waals surface area contributed by atoms with Crippen LogP contribution in [0.3, 0.4) is 0 Å². The van der Waals surface area contributed by atoms with E-state index in [1.165, 1.54) is 10.5 Å². The molecule has 1 aromatic carbocycles. The van der Waals surface area contributed by atoms with Crippen molar-refractivity contribution in [3.8, 4) is 12.1 Å². The molecule has 1 amide bonds. The van der Waals surface area contributed by atoms with Gasteiger partial charge in [-0.15, -0.1) is 0 Å². The number of hydrogen-bond donors (Lipinski definition) is 0. The van der Waals surface area contributed by atoms with E-state index in [2.05, 4.69) is 12.6 Å². The summed E-state index contributed by atoms with van der Waals surface area (Å²) >= 11 is 13.1. The Hall–Kier alpha value is -3.00. The molecular weight excluding hydrogens is 597 g/mol. The molecule has 43 heavy (non-hydrogen) atoms. The molecule has 2 fully saturated rings. The third-order valence-corrected chi connectivity index (χ3v) is 10.1. The van der Waals surface area contributed by atoms with Crippen LogP contribution in [0.4, 0.5) is 14.6 Å². The van der Waals surface area contributed by atoms with Crippen LogP contribution in [-0.4, -0.2) is 83.8 Å². The maximum atomic E-state index is 14.0. The van der Waals surface area contributed by atoms with Crippen LogP contribution in [0.25, 0.3) is 0 Å². The lowest BCUT2D eigenvalue weighted by Gasteiger charge is -2.43. The number of piperazine rings is 1. The molecule has 0 radical (unpaired) electrons. The number of hydrogen-bond acceptors (Lipinski definition) is 7. The number of benzene rings is 1. The third kappa shape index (κ3) is 5.67. The predicted octanol–water partition coefficient (Wildman–Crippen LogP) is 4.99. The summed E-state index contributed by atoms with van der Waals surface area (Å²) in [6.45, 7) is 4.71. The Bertz CT molecular complexity index is 1500.